The highest BCUT2D eigenvalue weighted by Crippen LogP contribution is 2.64. The average molecular weight is 917 g/mol. The predicted molar refractivity (Wildman–Crippen MR) is 300 cm³/mol. The van der Waals surface area contributed by atoms with Gasteiger partial charge in [0.05, 0.1) is 11.1 Å². The van der Waals surface area contributed by atoms with Gasteiger partial charge in [-0.1, -0.05) is 187 Å². The van der Waals surface area contributed by atoms with Gasteiger partial charge < -0.3 is 9.80 Å². The highest BCUT2D eigenvalue weighted by Gasteiger charge is 2.53. The lowest BCUT2D eigenvalue weighted by atomic mass is 9.36. The molecule has 2 aliphatic carbocycles. The van der Waals surface area contributed by atoms with Gasteiger partial charge in [0.1, 0.15) is 0 Å². The zero-order chi connectivity index (χ0) is 47.4. The van der Waals surface area contributed by atoms with E-state index in [1.807, 2.05) is 11.3 Å². The standard InChI is InChI=1S/C66H53BN2S/c1-40-32-34-46-47-38-48-59(39-54(47)66(53(46)36-40)49-26-16-14-24-44(49)45-25-15-17-27-50(45)66)70-63-62(48)69(43-22-12-9-13-23-43)57-31-19-30-56-61(57)67(63)55-35-33-41(37-58(55)68(56)42-20-10-8-11-21-42)60-51(64(2,3)4)28-18-29-52(60)65(5,6)7/h8-39H,1-7H3. The normalized spacial score (nSPS) is 14.5. The van der Waals surface area contributed by atoms with Gasteiger partial charge in [0, 0.05) is 43.3 Å². The van der Waals surface area contributed by atoms with Gasteiger partial charge in [-0.25, -0.2) is 0 Å². The van der Waals surface area contributed by atoms with Crippen LogP contribution in [0.25, 0.3) is 43.5 Å². The van der Waals surface area contributed by atoms with E-state index in [1.54, 1.807) is 0 Å². The van der Waals surface area contributed by atoms with E-state index in [0.29, 0.717) is 0 Å². The number of rotatable bonds is 3. The average Bonchev–Trinajstić information content (AvgIpc) is 3.98. The van der Waals surface area contributed by atoms with Gasteiger partial charge in [-0.05, 0) is 150 Å². The van der Waals surface area contributed by atoms with Crippen molar-refractivity contribution < 1.29 is 0 Å². The smallest absolute Gasteiger partial charge is 0.264 e. The van der Waals surface area contributed by atoms with E-state index in [9.17, 15) is 0 Å². The summed E-state index contributed by atoms with van der Waals surface area (Å²) < 4.78 is 2.71. The molecule has 70 heavy (non-hydrogen) atoms. The van der Waals surface area contributed by atoms with Crippen molar-refractivity contribution in [2.75, 3.05) is 9.80 Å². The van der Waals surface area contributed by atoms with Gasteiger partial charge in [0.2, 0.25) is 0 Å². The third-order valence-electron chi connectivity index (χ3n) is 16.0. The number of hydrogen-bond acceptors (Lipinski definition) is 3. The molecule has 2 aliphatic heterocycles. The van der Waals surface area contributed by atoms with Gasteiger partial charge >= 0.3 is 0 Å². The molecular weight excluding hydrogens is 864 g/mol. The lowest BCUT2D eigenvalue weighted by Gasteiger charge is -2.43. The summed E-state index contributed by atoms with van der Waals surface area (Å²) in [5, 5.41) is 1.30. The molecule has 0 amide bonds. The van der Waals surface area contributed by atoms with Crippen LogP contribution in [0.4, 0.5) is 34.1 Å². The van der Waals surface area contributed by atoms with Gasteiger partial charge in [-0.15, -0.1) is 11.3 Å². The zero-order valence-corrected chi connectivity index (χ0v) is 41.7. The first-order valence-corrected chi connectivity index (χ1v) is 25.8. The summed E-state index contributed by atoms with van der Waals surface area (Å²) in [6.07, 6.45) is 0. The first kappa shape index (κ1) is 41.6. The molecule has 0 radical (unpaired) electrons. The molecule has 9 aromatic carbocycles. The van der Waals surface area contributed by atoms with E-state index < -0.39 is 5.41 Å². The van der Waals surface area contributed by atoms with Crippen LogP contribution in [0, 0.1) is 6.92 Å². The maximum absolute atomic E-state index is 2.61. The molecule has 2 nitrogen and oxygen atoms in total. The molecule has 4 heteroatoms. The second-order valence-corrected chi connectivity index (χ2v) is 23.2. The molecule has 1 aromatic heterocycles. The summed E-state index contributed by atoms with van der Waals surface area (Å²) in [6.45, 7) is 16.4. The molecule has 0 saturated carbocycles. The topological polar surface area (TPSA) is 6.48 Å². The second-order valence-electron chi connectivity index (χ2n) is 22.1. The number of thiophene rings is 1. The van der Waals surface area contributed by atoms with Crippen molar-refractivity contribution in [3.05, 3.63) is 233 Å². The largest absolute Gasteiger partial charge is 0.311 e. The summed E-state index contributed by atoms with van der Waals surface area (Å²) in [4.78, 5) is 5.15. The Morgan fingerprint density at radius 3 is 1.66 bits per heavy atom. The number of hydrogen-bond donors (Lipinski definition) is 0. The van der Waals surface area contributed by atoms with Gasteiger partial charge in [0.15, 0.2) is 0 Å². The van der Waals surface area contributed by atoms with Crippen LogP contribution in [0.3, 0.4) is 0 Å². The molecular formula is C66H53BN2S. The minimum Gasteiger partial charge on any atom is -0.311 e. The summed E-state index contributed by atoms with van der Waals surface area (Å²) in [5.74, 6) is 0. The highest BCUT2D eigenvalue weighted by molar-refractivity contribution is 7.33. The van der Waals surface area contributed by atoms with Crippen molar-refractivity contribution in [1.82, 2.24) is 0 Å². The molecule has 10 aromatic rings. The highest BCUT2D eigenvalue weighted by atomic mass is 32.1. The van der Waals surface area contributed by atoms with Gasteiger partial charge in [0.25, 0.3) is 6.71 Å². The van der Waals surface area contributed by atoms with Crippen molar-refractivity contribution in [3.63, 3.8) is 0 Å². The van der Waals surface area contributed by atoms with Crippen molar-refractivity contribution >= 4 is 78.0 Å². The molecule has 0 saturated heterocycles. The number of para-hydroxylation sites is 2. The minimum absolute atomic E-state index is 0.00851. The Hall–Kier alpha value is -7.40. The molecule has 0 fully saturated rings. The molecule has 336 valence electrons. The van der Waals surface area contributed by atoms with E-state index in [4.69, 9.17) is 0 Å². The van der Waals surface area contributed by atoms with E-state index >= 15 is 0 Å². The molecule has 14 rings (SSSR count). The molecule has 3 heterocycles. The van der Waals surface area contributed by atoms with Crippen LogP contribution in [-0.2, 0) is 16.2 Å². The second kappa shape index (κ2) is 14.6. The Bertz CT molecular complexity index is 3750. The van der Waals surface area contributed by atoms with Crippen LogP contribution in [0.5, 0.6) is 0 Å². The Kier molecular flexibility index (Phi) is 8.65. The Morgan fingerprint density at radius 2 is 1.01 bits per heavy atom. The molecule has 0 N–H and O–H groups in total. The van der Waals surface area contributed by atoms with E-state index in [-0.39, 0.29) is 17.5 Å². The maximum atomic E-state index is 2.61. The Morgan fingerprint density at radius 1 is 0.457 bits per heavy atom. The molecule has 0 bridgehead atoms. The van der Waals surface area contributed by atoms with Crippen LogP contribution in [-0.4, -0.2) is 6.71 Å². The first-order chi connectivity index (χ1) is 33.9. The van der Waals surface area contributed by atoms with Crippen LogP contribution in [0.2, 0.25) is 0 Å². The quantitative estimate of drug-likeness (QED) is 0.163. The lowest BCUT2D eigenvalue weighted by molar-refractivity contribution is 0.572. The lowest BCUT2D eigenvalue weighted by Crippen LogP contribution is -2.60. The fourth-order valence-corrected chi connectivity index (χ4v) is 14.5. The van der Waals surface area contributed by atoms with Crippen LogP contribution < -0.4 is 25.5 Å². The first-order valence-electron chi connectivity index (χ1n) is 25.0. The number of anilines is 6. The summed E-state index contributed by atoms with van der Waals surface area (Å²) in [6, 6.07) is 74.3. The molecule has 4 aliphatic rings. The minimum atomic E-state index is -0.420. The van der Waals surface area contributed by atoms with E-state index in [0.717, 1.165) is 5.69 Å². The van der Waals surface area contributed by atoms with Crippen LogP contribution in [0.1, 0.15) is 80.5 Å². The fourth-order valence-electron chi connectivity index (χ4n) is 13.1. The Balaban J connectivity index is 1.08. The van der Waals surface area contributed by atoms with Crippen molar-refractivity contribution in [3.8, 4) is 33.4 Å². The SMILES string of the molecule is Cc1ccc2c(c1)C1(c3ccccc3-c3ccccc31)c1cc3sc4c(c3cc1-2)N(c1ccccc1)c1cccc2c1B4c1ccc(-c3c(C(C)(C)C)cccc3C(C)(C)C)cc1N2c1ccccc1. The summed E-state index contributed by atoms with van der Waals surface area (Å²) in [7, 11) is 0. The maximum Gasteiger partial charge on any atom is 0.264 e. The van der Waals surface area contributed by atoms with Gasteiger partial charge in [-0.2, -0.15) is 0 Å². The van der Waals surface area contributed by atoms with E-state index in [2.05, 4.69) is 252 Å². The van der Waals surface area contributed by atoms with Crippen molar-refractivity contribution in [1.29, 1.82) is 0 Å². The Labute approximate surface area is 416 Å². The van der Waals surface area contributed by atoms with E-state index in [1.165, 1.54) is 127 Å². The molecule has 0 unspecified atom stereocenters. The third-order valence-corrected chi connectivity index (χ3v) is 17.2. The van der Waals surface area contributed by atoms with Crippen molar-refractivity contribution in [2.45, 2.75) is 64.7 Å². The monoisotopic (exact) mass is 916 g/mol. The predicted octanol–water partition coefficient (Wildman–Crippen LogP) is 15.9. The zero-order valence-electron chi connectivity index (χ0n) is 40.9. The summed E-state index contributed by atoms with van der Waals surface area (Å²) >= 11 is 2.00. The van der Waals surface area contributed by atoms with Crippen LogP contribution >= 0.6 is 11.3 Å². The number of nitrogens with zero attached hydrogens (tertiary/aromatic N) is 2. The van der Waals surface area contributed by atoms with Gasteiger partial charge in [-0.3, -0.25) is 0 Å². The van der Waals surface area contributed by atoms with Crippen LogP contribution in [0.15, 0.2) is 194 Å². The summed E-state index contributed by atoms with van der Waals surface area (Å²) in [5.41, 5.74) is 27.0. The number of benzene rings is 9. The van der Waals surface area contributed by atoms with Crippen molar-refractivity contribution in [2.24, 2.45) is 0 Å². The molecule has 0 atom stereocenters. The fraction of sp³-hybridized carbons (Fsp3) is 0.152. The number of aryl methyl sites for hydroxylation is 1. The molecule has 1 spiro atoms. The third kappa shape index (κ3) is 5.57. The number of fused-ring (bicyclic) bond motifs is 16.